The van der Waals surface area contributed by atoms with Crippen LogP contribution in [-0.2, 0) is 14.4 Å². The Morgan fingerprint density at radius 3 is 2.58 bits per heavy atom. The van der Waals surface area contributed by atoms with Gasteiger partial charge >= 0.3 is 0 Å². The van der Waals surface area contributed by atoms with Gasteiger partial charge in [-0.15, -0.1) is 10.1 Å². The molecule has 0 heterocycles. The molecule has 1 N–H and O–H groups in total. The van der Waals surface area contributed by atoms with Crippen molar-refractivity contribution in [1.29, 1.82) is 0 Å². The van der Waals surface area contributed by atoms with Crippen LogP contribution in [-0.4, -0.2) is 65.6 Å². The second-order valence-corrected chi connectivity index (χ2v) is 8.77. The molecule has 0 bridgehead atoms. The van der Waals surface area contributed by atoms with Gasteiger partial charge in [-0.1, -0.05) is 31.0 Å². The SMILES string of the molecule is CC(C)(C)N(CC(O)COc1ccccc1C1CCCC1)C(=O)COCCO[N+](=O)[O-]. The second-order valence-electron chi connectivity index (χ2n) is 8.77. The molecule has 9 heteroatoms. The number of rotatable bonds is 12. The van der Waals surface area contributed by atoms with Crippen molar-refractivity contribution in [3.05, 3.63) is 39.9 Å². The maximum absolute atomic E-state index is 12.6. The van der Waals surface area contributed by atoms with Crippen LogP contribution >= 0.6 is 0 Å². The van der Waals surface area contributed by atoms with E-state index in [0.29, 0.717) is 5.92 Å². The molecule has 174 valence electrons. The number of benzene rings is 1. The summed E-state index contributed by atoms with van der Waals surface area (Å²) in [5.41, 5.74) is 0.641. The molecule has 1 atom stereocenters. The van der Waals surface area contributed by atoms with Crippen LogP contribution in [0.3, 0.4) is 0 Å². The van der Waals surface area contributed by atoms with Gasteiger partial charge in [-0.2, -0.15) is 0 Å². The fourth-order valence-corrected chi connectivity index (χ4v) is 3.79. The number of carbonyl (C=O) groups excluding carboxylic acids is 1. The van der Waals surface area contributed by atoms with Crippen LogP contribution in [0.4, 0.5) is 0 Å². The Kier molecular flexibility index (Phi) is 9.51. The number of β-amino-alcohol motifs (C(OH)–C–C–N with tert-alkyl or cyclic N) is 1. The van der Waals surface area contributed by atoms with E-state index in [1.54, 1.807) is 0 Å². The van der Waals surface area contributed by atoms with Crippen molar-refractivity contribution < 1.29 is 29.3 Å². The van der Waals surface area contributed by atoms with Crippen molar-refractivity contribution in [2.75, 3.05) is 33.0 Å². The monoisotopic (exact) mass is 438 g/mol. The summed E-state index contributed by atoms with van der Waals surface area (Å²) in [5.74, 6) is 0.965. The summed E-state index contributed by atoms with van der Waals surface area (Å²) in [5, 5.41) is 19.8. The third kappa shape index (κ3) is 8.34. The first-order valence-corrected chi connectivity index (χ1v) is 10.7. The molecule has 0 saturated heterocycles. The lowest BCUT2D eigenvalue weighted by molar-refractivity contribution is -0.758. The van der Waals surface area contributed by atoms with Crippen molar-refractivity contribution in [2.24, 2.45) is 0 Å². The maximum atomic E-state index is 12.6. The number of amides is 1. The molecule has 1 unspecified atom stereocenters. The van der Waals surface area contributed by atoms with Crippen LogP contribution in [0.1, 0.15) is 57.9 Å². The van der Waals surface area contributed by atoms with E-state index < -0.39 is 16.7 Å². The zero-order valence-electron chi connectivity index (χ0n) is 18.6. The summed E-state index contributed by atoms with van der Waals surface area (Å²) in [6.45, 7) is 5.18. The van der Waals surface area contributed by atoms with Gasteiger partial charge in [-0.25, -0.2) is 0 Å². The van der Waals surface area contributed by atoms with Crippen LogP contribution in [0.25, 0.3) is 0 Å². The first-order valence-electron chi connectivity index (χ1n) is 10.7. The predicted octanol–water partition coefficient (Wildman–Crippen LogP) is 2.94. The molecule has 1 aromatic carbocycles. The molecule has 0 spiro atoms. The van der Waals surface area contributed by atoms with Gasteiger partial charge in [0.05, 0.1) is 13.2 Å². The lowest BCUT2D eigenvalue weighted by Gasteiger charge is -2.37. The summed E-state index contributed by atoms with van der Waals surface area (Å²) in [6, 6.07) is 7.94. The molecule has 0 aromatic heterocycles. The highest BCUT2D eigenvalue weighted by molar-refractivity contribution is 5.78. The zero-order valence-corrected chi connectivity index (χ0v) is 18.6. The Bertz CT molecular complexity index is 714. The molecule has 31 heavy (non-hydrogen) atoms. The highest BCUT2D eigenvalue weighted by Gasteiger charge is 2.29. The highest BCUT2D eigenvalue weighted by Crippen LogP contribution is 2.38. The molecule has 2 rings (SSSR count). The van der Waals surface area contributed by atoms with E-state index in [0.717, 1.165) is 18.6 Å². The van der Waals surface area contributed by atoms with Gasteiger partial charge in [0.2, 0.25) is 5.91 Å². The number of aliphatic hydroxyl groups is 1. The second kappa shape index (κ2) is 11.9. The minimum Gasteiger partial charge on any atom is -0.491 e. The molecule has 0 aliphatic heterocycles. The standard InChI is InChI=1S/C22H34N2O7/c1-22(2,3)23(21(26)16-29-12-13-31-24(27)28)14-18(25)15-30-20-11-7-6-10-19(20)17-8-4-5-9-17/h6-7,10-11,17-18,25H,4-5,8-9,12-16H2,1-3H3. The zero-order chi connectivity index (χ0) is 22.9. The van der Waals surface area contributed by atoms with Gasteiger partial charge in [0.1, 0.15) is 31.7 Å². The van der Waals surface area contributed by atoms with Crippen molar-refractivity contribution in [3.63, 3.8) is 0 Å². The molecule has 0 radical (unpaired) electrons. The van der Waals surface area contributed by atoms with Crippen molar-refractivity contribution >= 4 is 5.91 Å². The van der Waals surface area contributed by atoms with Crippen LogP contribution in [0.2, 0.25) is 0 Å². The Balaban J connectivity index is 1.87. The Hall–Kier alpha value is -2.39. The first kappa shape index (κ1) is 24.9. The van der Waals surface area contributed by atoms with Crippen LogP contribution in [0, 0.1) is 10.1 Å². The summed E-state index contributed by atoms with van der Waals surface area (Å²) >= 11 is 0. The van der Waals surface area contributed by atoms with Crippen LogP contribution in [0.15, 0.2) is 24.3 Å². The van der Waals surface area contributed by atoms with E-state index >= 15 is 0 Å². The molecular formula is C22H34N2O7. The molecule has 1 aromatic rings. The summed E-state index contributed by atoms with van der Waals surface area (Å²) < 4.78 is 11.1. The molecule has 1 aliphatic carbocycles. The normalized spacial score (nSPS) is 15.5. The molecular weight excluding hydrogens is 404 g/mol. The number of carbonyl (C=O) groups is 1. The molecule has 1 fully saturated rings. The largest absolute Gasteiger partial charge is 0.491 e. The number of hydrogen-bond donors (Lipinski definition) is 1. The molecule has 1 amide bonds. The number of ether oxygens (including phenoxy) is 2. The predicted molar refractivity (Wildman–Crippen MR) is 114 cm³/mol. The van der Waals surface area contributed by atoms with Gasteiger partial charge < -0.3 is 24.3 Å². The number of nitrogens with zero attached hydrogens (tertiary/aromatic N) is 2. The molecule has 1 aliphatic rings. The topological polar surface area (TPSA) is 111 Å². The lowest BCUT2D eigenvalue weighted by atomic mass is 9.97. The lowest BCUT2D eigenvalue weighted by Crippen LogP contribution is -2.51. The van der Waals surface area contributed by atoms with Crippen LogP contribution in [0.5, 0.6) is 5.75 Å². The highest BCUT2D eigenvalue weighted by atomic mass is 17.0. The third-order valence-corrected chi connectivity index (χ3v) is 5.30. The first-order chi connectivity index (χ1) is 14.7. The molecule has 9 nitrogen and oxygen atoms in total. The van der Waals surface area contributed by atoms with Crippen molar-refractivity contribution in [3.8, 4) is 5.75 Å². The van der Waals surface area contributed by atoms with Gasteiger partial charge in [0.15, 0.2) is 0 Å². The van der Waals surface area contributed by atoms with E-state index in [4.69, 9.17) is 9.47 Å². The summed E-state index contributed by atoms with van der Waals surface area (Å²) in [4.78, 5) is 28.4. The minimum atomic E-state index is -0.909. The van der Waals surface area contributed by atoms with Crippen LogP contribution < -0.4 is 4.74 Å². The summed E-state index contributed by atoms with van der Waals surface area (Å²) in [6.07, 6.45) is 3.89. The van der Waals surface area contributed by atoms with E-state index in [1.165, 1.54) is 23.3 Å². The fraction of sp³-hybridized carbons (Fsp3) is 0.682. The van der Waals surface area contributed by atoms with E-state index in [2.05, 4.69) is 10.9 Å². The molecule has 1 saturated carbocycles. The number of hydrogen-bond acceptors (Lipinski definition) is 7. The summed E-state index contributed by atoms with van der Waals surface area (Å²) in [7, 11) is 0. The average molecular weight is 439 g/mol. The fourth-order valence-electron chi connectivity index (χ4n) is 3.79. The number of aliphatic hydroxyl groups excluding tert-OH is 1. The average Bonchev–Trinajstić information content (AvgIpc) is 3.24. The Morgan fingerprint density at radius 1 is 1.26 bits per heavy atom. The maximum Gasteiger partial charge on any atom is 0.294 e. The minimum absolute atomic E-state index is 0.0706. The number of para-hydroxylation sites is 1. The van der Waals surface area contributed by atoms with Gasteiger partial charge in [0, 0.05) is 5.54 Å². The van der Waals surface area contributed by atoms with Gasteiger partial charge in [0.25, 0.3) is 5.09 Å². The third-order valence-electron chi connectivity index (χ3n) is 5.30. The van der Waals surface area contributed by atoms with Crippen molar-refractivity contribution in [2.45, 2.75) is 64.0 Å². The van der Waals surface area contributed by atoms with Gasteiger partial charge in [-0.3, -0.25) is 4.79 Å². The van der Waals surface area contributed by atoms with E-state index in [9.17, 15) is 20.0 Å². The van der Waals surface area contributed by atoms with E-state index in [1.807, 2.05) is 39.0 Å². The van der Waals surface area contributed by atoms with Gasteiger partial charge in [-0.05, 0) is 51.2 Å². The van der Waals surface area contributed by atoms with Crippen molar-refractivity contribution in [1.82, 2.24) is 4.90 Å². The smallest absolute Gasteiger partial charge is 0.294 e. The van der Waals surface area contributed by atoms with E-state index in [-0.39, 0.29) is 38.9 Å². The Labute approximate surface area is 183 Å². The quantitative estimate of drug-likeness (QED) is 0.303. The Morgan fingerprint density at radius 2 is 1.94 bits per heavy atom.